The fraction of sp³-hybridized carbons (Fsp3) is 0.235. The maximum absolute atomic E-state index is 9.66. The molecule has 0 aliphatic heterocycles. The minimum Gasteiger partial charge on any atom is -0.508 e. The average Bonchev–Trinajstić information content (AvgIpc) is 2.80. The van der Waals surface area contributed by atoms with Crippen molar-refractivity contribution in [3.63, 3.8) is 0 Å². The zero-order chi connectivity index (χ0) is 14.8. The molecule has 4 heteroatoms. The van der Waals surface area contributed by atoms with Crippen molar-refractivity contribution in [2.45, 2.75) is 20.3 Å². The molecule has 0 aliphatic rings. The zero-order valence-electron chi connectivity index (χ0n) is 12.3. The Balaban J connectivity index is 2.18. The van der Waals surface area contributed by atoms with E-state index in [9.17, 15) is 5.11 Å². The van der Waals surface area contributed by atoms with Gasteiger partial charge in [-0.3, -0.25) is 14.7 Å². The minimum absolute atomic E-state index is 0.297. The fourth-order valence-electron chi connectivity index (χ4n) is 2.72. The van der Waals surface area contributed by atoms with Crippen molar-refractivity contribution in [1.29, 1.82) is 0 Å². The summed E-state index contributed by atoms with van der Waals surface area (Å²) in [5, 5.41) is 12.9. The van der Waals surface area contributed by atoms with Gasteiger partial charge in [0.25, 0.3) is 0 Å². The van der Waals surface area contributed by atoms with Gasteiger partial charge in [0, 0.05) is 30.0 Å². The van der Waals surface area contributed by atoms with Gasteiger partial charge in [-0.25, -0.2) is 0 Å². The average molecular weight is 281 g/mol. The normalized spacial score (nSPS) is 11.0. The van der Waals surface area contributed by atoms with E-state index in [1.54, 1.807) is 12.1 Å². The van der Waals surface area contributed by atoms with Crippen molar-refractivity contribution in [1.82, 2.24) is 9.66 Å². The van der Waals surface area contributed by atoms with Crippen LogP contribution in [0.4, 0.5) is 5.69 Å². The molecule has 1 N–H and O–H groups in total. The number of nitrogens with zero attached hydrogens (tertiary/aromatic N) is 3. The summed E-state index contributed by atoms with van der Waals surface area (Å²) in [6.07, 6.45) is 4.66. The molecule has 21 heavy (non-hydrogen) atoms. The number of anilines is 1. The summed E-state index contributed by atoms with van der Waals surface area (Å²) in [5.74, 6) is 0.297. The van der Waals surface area contributed by atoms with Gasteiger partial charge in [-0.1, -0.05) is 6.92 Å². The van der Waals surface area contributed by atoms with E-state index >= 15 is 0 Å². The smallest absolute Gasteiger partial charge is 0.116 e. The van der Waals surface area contributed by atoms with E-state index in [1.165, 1.54) is 0 Å². The summed E-state index contributed by atoms with van der Waals surface area (Å²) in [5.41, 5.74) is 3.34. The Kier molecular flexibility index (Phi) is 3.52. The van der Waals surface area contributed by atoms with Crippen LogP contribution in [0.1, 0.15) is 19.0 Å². The molecular weight excluding hydrogens is 262 g/mol. The predicted molar refractivity (Wildman–Crippen MR) is 85.6 cm³/mol. The molecule has 2 heterocycles. The number of aryl methyl sites for hydroxylation is 1. The van der Waals surface area contributed by atoms with E-state index in [1.807, 2.05) is 30.6 Å². The van der Waals surface area contributed by atoms with E-state index in [0.29, 0.717) is 5.75 Å². The summed E-state index contributed by atoms with van der Waals surface area (Å²) in [7, 11) is 0. The van der Waals surface area contributed by atoms with Crippen molar-refractivity contribution in [2.75, 3.05) is 11.6 Å². The number of aromatic nitrogens is 2. The van der Waals surface area contributed by atoms with Crippen molar-refractivity contribution >= 4 is 16.6 Å². The number of phenols is 1. The molecule has 0 radical (unpaired) electrons. The van der Waals surface area contributed by atoms with Gasteiger partial charge in [0.05, 0.1) is 11.2 Å². The lowest BCUT2D eigenvalue weighted by atomic mass is 10.2. The Labute approximate surface area is 124 Å². The number of phenolic OH excluding ortho intramolecular Hbond substituents is 1. The first-order valence-corrected chi connectivity index (χ1v) is 7.19. The van der Waals surface area contributed by atoms with Crippen LogP contribution in [0.3, 0.4) is 0 Å². The Hall–Kier alpha value is -2.49. The second-order valence-electron chi connectivity index (χ2n) is 5.17. The standard InChI is InChI=1S/C17H19N3O/c1-3-10-19(15-6-8-18-9-7-15)20-13(2)11-14-12-16(21)4-5-17(14)20/h4-9,11-12,21H,3,10H2,1-2H3. The molecular formula is C17H19N3O. The zero-order valence-corrected chi connectivity index (χ0v) is 12.3. The van der Waals surface area contributed by atoms with Crippen LogP contribution >= 0.6 is 0 Å². The van der Waals surface area contributed by atoms with Crippen molar-refractivity contribution in [2.24, 2.45) is 0 Å². The lowest BCUT2D eigenvalue weighted by Crippen LogP contribution is -2.31. The molecule has 3 aromatic rings. The summed E-state index contributed by atoms with van der Waals surface area (Å²) in [4.78, 5) is 4.10. The number of rotatable bonds is 4. The monoisotopic (exact) mass is 281 g/mol. The number of hydrogen-bond acceptors (Lipinski definition) is 3. The molecule has 0 aliphatic carbocycles. The summed E-state index contributed by atoms with van der Waals surface area (Å²) >= 11 is 0. The van der Waals surface area contributed by atoms with E-state index in [0.717, 1.165) is 35.2 Å². The second kappa shape index (κ2) is 5.48. The van der Waals surface area contributed by atoms with Gasteiger partial charge in [-0.2, -0.15) is 0 Å². The van der Waals surface area contributed by atoms with Crippen LogP contribution in [0.15, 0.2) is 48.8 Å². The number of pyridine rings is 1. The van der Waals surface area contributed by atoms with Crippen LogP contribution in [-0.4, -0.2) is 21.3 Å². The summed E-state index contributed by atoms with van der Waals surface area (Å²) in [6, 6.07) is 11.6. The summed E-state index contributed by atoms with van der Waals surface area (Å²) < 4.78 is 2.20. The van der Waals surface area contributed by atoms with Gasteiger partial charge in [0.15, 0.2) is 0 Å². The lowest BCUT2D eigenvalue weighted by molar-refractivity contribution is 0.476. The number of hydrogen-bond donors (Lipinski definition) is 1. The Morgan fingerprint density at radius 1 is 1.14 bits per heavy atom. The number of aromatic hydroxyl groups is 1. The van der Waals surface area contributed by atoms with Gasteiger partial charge < -0.3 is 5.11 Å². The topological polar surface area (TPSA) is 41.3 Å². The van der Waals surface area contributed by atoms with Gasteiger partial charge in [-0.05, 0) is 49.7 Å². The molecule has 0 atom stereocenters. The minimum atomic E-state index is 0.297. The van der Waals surface area contributed by atoms with Crippen LogP contribution in [0.25, 0.3) is 10.9 Å². The molecule has 0 bridgehead atoms. The molecule has 1 aromatic carbocycles. The highest BCUT2D eigenvalue weighted by atomic mass is 16.3. The quantitative estimate of drug-likeness (QED) is 0.792. The molecule has 0 unspecified atom stereocenters. The third-order valence-corrected chi connectivity index (χ3v) is 3.58. The third-order valence-electron chi connectivity index (χ3n) is 3.58. The Bertz CT molecular complexity index is 749. The van der Waals surface area contributed by atoms with Gasteiger partial charge in [0.2, 0.25) is 0 Å². The predicted octanol–water partition coefficient (Wildman–Crippen LogP) is 3.73. The molecule has 2 aromatic heterocycles. The molecule has 0 spiro atoms. The SMILES string of the molecule is CCCN(c1ccncc1)n1c(C)cc2cc(O)ccc21. The lowest BCUT2D eigenvalue weighted by Gasteiger charge is -2.28. The molecule has 0 amide bonds. The molecule has 4 nitrogen and oxygen atoms in total. The highest BCUT2D eigenvalue weighted by Gasteiger charge is 2.14. The van der Waals surface area contributed by atoms with E-state index in [4.69, 9.17) is 0 Å². The van der Waals surface area contributed by atoms with Crippen LogP contribution < -0.4 is 5.01 Å². The van der Waals surface area contributed by atoms with Crippen LogP contribution in [0.5, 0.6) is 5.75 Å². The van der Waals surface area contributed by atoms with E-state index in [-0.39, 0.29) is 0 Å². The maximum atomic E-state index is 9.66. The van der Waals surface area contributed by atoms with Crippen LogP contribution in [0.2, 0.25) is 0 Å². The van der Waals surface area contributed by atoms with Gasteiger partial charge in [0.1, 0.15) is 5.75 Å². The molecule has 0 saturated heterocycles. The molecule has 108 valence electrons. The first-order chi connectivity index (χ1) is 10.2. The first kappa shape index (κ1) is 13.5. The molecule has 0 fully saturated rings. The maximum Gasteiger partial charge on any atom is 0.116 e. The van der Waals surface area contributed by atoms with Crippen LogP contribution in [0, 0.1) is 6.92 Å². The van der Waals surface area contributed by atoms with Crippen molar-refractivity contribution in [3.05, 3.63) is 54.5 Å². The van der Waals surface area contributed by atoms with E-state index < -0.39 is 0 Å². The highest BCUT2D eigenvalue weighted by molar-refractivity contribution is 5.83. The van der Waals surface area contributed by atoms with Crippen molar-refractivity contribution in [3.8, 4) is 5.75 Å². The fourth-order valence-corrected chi connectivity index (χ4v) is 2.72. The second-order valence-corrected chi connectivity index (χ2v) is 5.17. The van der Waals surface area contributed by atoms with E-state index in [2.05, 4.69) is 34.6 Å². The Morgan fingerprint density at radius 2 is 1.90 bits per heavy atom. The Morgan fingerprint density at radius 3 is 2.62 bits per heavy atom. The largest absolute Gasteiger partial charge is 0.508 e. The first-order valence-electron chi connectivity index (χ1n) is 7.19. The van der Waals surface area contributed by atoms with Crippen LogP contribution in [-0.2, 0) is 0 Å². The number of fused-ring (bicyclic) bond motifs is 1. The van der Waals surface area contributed by atoms with Crippen molar-refractivity contribution < 1.29 is 5.11 Å². The van der Waals surface area contributed by atoms with Gasteiger partial charge in [-0.15, -0.1) is 0 Å². The third kappa shape index (κ3) is 2.44. The molecule has 3 rings (SSSR count). The van der Waals surface area contributed by atoms with Gasteiger partial charge >= 0.3 is 0 Å². The molecule has 0 saturated carbocycles. The summed E-state index contributed by atoms with van der Waals surface area (Å²) in [6.45, 7) is 5.16. The number of benzene rings is 1. The highest BCUT2D eigenvalue weighted by Crippen LogP contribution is 2.27.